The summed E-state index contributed by atoms with van der Waals surface area (Å²) in [4.78, 5) is 14.6. The van der Waals surface area contributed by atoms with Crippen molar-refractivity contribution in [3.63, 3.8) is 0 Å². The van der Waals surface area contributed by atoms with Gasteiger partial charge in [0.15, 0.2) is 0 Å². The van der Waals surface area contributed by atoms with E-state index in [-0.39, 0.29) is 18.1 Å². The summed E-state index contributed by atoms with van der Waals surface area (Å²) >= 11 is 0. The molecule has 1 aliphatic rings. The van der Waals surface area contributed by atoms with Crippen LogP contribution in [0.1, 0.15) is 35.3 Å². The Hall–Kier alpha value is -2.24. The molecule has 1 aliphatic heterocycles. The minimum Gasteiger partial charge on any atom is -0.373 e. The fraction of sp³-hybridized carbons (Fsp3) is 0.381. The first-order valence-electron chi connectivity index (χ1n) is 8.99. The Morgan fingerprint density at radius 2 is 1.81 bits per heavy atom. The lowest BCUT2D eigenvalue weighted by Crippen LogP contribution is -2.45. The van der Waals surface area contributed by atoms with Gasteiger partial charge in [0.25, 0.3) is 5.91 Å². The molecule has 0 unspecified atom stereocenters. The van der Waals surface area contributed by atoms with Crippen LogP contribution in [-0.2, 0) is 17.8 Å². The highest BCUT2D eigenvalue weighted by Crippen LogP contribution is 2.17. The third-order valence-electron chi connectivity index (χ3n) is 4.53. The van der Waals surface area contributed by atoms with Crippen LogP contribution < -0.4 is 5.32 Å². The van der Waals surface area contributed by atoms with Crippen molar-refractivity contribution >= 4 is 5.91 Å². The Morgan fingerprint density at radius 3 is 2.50 bits per heavy atom. The molecule has 2 atom stereocenters. The zero-order chi connectivity index (χ0) is 18.5. The summed E-state index contributed by atoms with van der Waals surface area (Å²) in [6.45, 7) is 7.22. The molecule has 138 valence electrons. The number of rotatable bonds is 5. The second kappa shape index (κ2) is 8.43. The molecule has 1 N–H and O–H groups in total. The fourth-order valence-electron chi connectivity index (χ4n) is 3.45. The van der Waals surface area contributed by atoms with Crippen molar-refractivity contribution in [1.29, 1.82) is 0 Å². The fourth-order valence-corrected chi connectivity index (χ4v) is 3.45. The molecule has 0 saturated carbocycles. The van der Waals surface area contributed by atoms with Gasteiger partial charge in [0.05, 0.1) is 12.2 Å². The summed E-state index contributed by atoms with van der Waals surface area (Å²) in [6.07, 6.45) is 0.442. The van der Waals surface area contributed by atoms with E-state index in [1.165, 1.54) is 17.7 Å². The largest absolute Gasteiger partial charge is 0.373 e. The average molecular weight is 356 g/mol. The van der Waals surface area contributed by atoms with Crippen molar-refractivity contribution in [1.82, 2.24) is 10.2 Å². The van der Waals surface area contributed by atoms with Gasteiger partial charge < -0.3 is 10.1 Å². The second-order valence-corrected chi connectivity index (χ2v) is 6.91. The maximum absolute atomic E-state index is 13.3. The van der Waals surface area contributed by atoms with Crippen molar-refractivity contribution in [2.24, 2.45) is 0 Å². The number of amides is 1. The first kappa shape index (κ1) is 18.5. The van der Waals surface area contributed by atoms with Crippen LogP contribution in [0.5, 0.6) is 0 Å². The molecule has 4 nitrogen and oxygen atoms in total. The Bertz CT molecular complexity index is 755. The molecule has 0 bridgehead atoms. The van der Waals surface area contributed by atoms with E-state index < -0.39 is 5.82 Å². The summed E-state index contributed by atoms with van der Waals surface area (Å²) in [5, 5.41) is 2.89. The number of hydrogen-bond donors (Lipinski definition) is 1. The van der Waals surface area contributed by atoms with E-state index in [2.05, 4.69) is 30.1 Å². The van der Waals surface area contributed by atoms with Gasteiger partial charge in [-0.25, -0.2) is 4.39 Å². The lowest BCUT2D eigenvalue weighted by atomic mass is 10.1. The number of benzene rings is 2. The van der Waals surface area contributed by atoms with Crippen LogP contribution in [0.3, 0.4) is 0 Å². The molecule has 0 spiro atoms. The highest BCUT2D eigenvalue weighted by atomic mass is 19.1. The van der Waals surface area contributed by atoms with Crippen molar-refractivity contribution in [2.45, 2.75) is 39.1 Å². The number of morpholine rings is 1. The van der Waals surface area contributed by atoms with Gasteiger partial charge >= 0.3 is 0 Å². The summed E-state index contributed by atoms with van der Waals surface area (Å²) < 4.78 is 19.1. The first-order valence-corrected chi connectivity index (χ1v) is 8.99. The topological polar surface area (TPSA) is 41.6 Å². The van der Waals surface area contributed by atoms with E-state index in [1.807, 2.05) is 18.2 Å². The van der Waals surface area contributed by atoms with Gasteiger partial charge in [0.2, 0.25) is 0 Å². The van der Waals surface area contributed by atoms with E-state index in [9.17, 15) is 9.18 Å². The van der Waals surface area contributed by atoms with Gasteiger partial charge in [-0.1, -0.05) is 30.3 Å². The molecule has 0 radical (unpaired) electrons. The number of hydrogen-bond acceptors (Lipinski definition) is 3. The molecular formula is C21H25FN2O2. The predicted molar refractivity (Wildman–Crippen MR) is 99.3 cm³/mol. The number of nitrogens with zero attached hydrogens (tertiary/aromatic N) is 1. The molecule has 2 aromatic rings. The zero-order valence-corrected chi connectivity index (χ0v) is 15.2. The Morgan fingerprint density at radius 1 is 1.12 bits per heavy atom. The molecule has 26 heavy (non-hydrogen) atoms. The predicted octanol–water partition coefficient (Wildman–Crippen LogP) is 3.36. The lowest BCUT2D eigenvalue weighted by molar-refractivity contribution is -0.0705. The summed E-state index contributed by atoms with van der Waals surface area (Å²) in [7, 11) is 0. The number of carbonyl (C=O) groups excluding carboxylic acids is 1. The van der Waals surface area contributed by atoms with E-state index in [1.54, 1.807) is 12.1 Å². The van der Waals surface area contributed by atoms with Crippen molar-refractivity contribution in [3.05, 3.63) is 71.0 Å². The van der Waals surface area contributed by atoms with E-state index >= 15 is 0 Å². The lowest BCUT2D eigenvalue weighted by Gasteiger charge is -2.35. The molecule has 1 saturated heterocycles. The highest BCUT2D eigenvalue weighted by Gasteiger charge is 2.22. The molecule has 0 aromatic heterocycles. The first-order chi connectivity index (χ1) is 12.5. The van der Waals surface area contributed by atoms with E-state index in [0.29, 0.717) is 12.1 Å². The van der Waals surface area contributed by atoms with Gasteiger partial charge in [-0.3, -0.25) is 9.69 Å². The minimum atomic E-state index is -0.409. The number of nitrogens with one attached hydrogen (secondary N) is 1. The number of ether oxygens (including phenoxy) is 1. The SMILES string of the molecule is C[C@@H]1CN(Cc2ccccc2CNC(=O)c2cccc(F)c2)C[C@@H](C)O1. The molecule has 0 aliphatic carbocycles. The van der Waals surface area contributed by atoms with Crippen LogP contribution >= 0.6 is 0 Å². The van der Waals surface area contributed by atoms with Crippen LogP contribution in [0.25, 0.3) is 0 Å². The normalized spacial score (nSPS) is 20.7. The minimum absolute atomic E-state index is 0.221. The highest BCUT2D eigenvalue weighted by molar-refractivity contribution is 5.94. The number of carbonyl (C=O) groups is 1. The van der Waals surface area contributed by atoms with Crippen LogP contribution in [0.15, 0.2) is 48.5 Å². The summed E-state index contributed by atoms with van der Waals surface area (Å²) in [5.41, 5.74) is 2.59. The molecule has 3 rings (SSSR count). The maximum Gasteiger partial charge on any atom is 0.251 e. The van der Waals surface area contributed by atoms with Gasteiger partial charge in [-0.2, -0.15) is 0 Å². The average Bonchev–Trinajstić information content (AvgIpc) is 2.60. The van der Waals surface area contributed by atoms with Crippen LogP contribution in [-0.4, -0.2) is 36.1 Å². The quantitative estimate of drug-likeness (QED) is 0.893. The van der Waals surface area contributed by atoms with Crippen molar-refractivity contribution < 1.29 is 13.9 Å². The third-order valence-corrected chi connectivity index (χ3v) is 4.53. The second-order valence-electron chi connectivity index (χ2n) is 6.91. The van der Waals surface area contributed by atoms with Crippen LogP contribution in [0.4, 0.5) is 4.39 Å². The van der Waals surface area contributed by atoms with Gasteiger partial charge in [-0.15, -0.1) is 0 Å². The smallest absolute Gasteiger partial charge is 0.251 e. The number of halogens is 1. The maximum atomic E-state index is 13.3. The Balaban J connectivity index is 1.64. The Kier molecular flexibility index (Phi) is 6.01. The van der Waals surface area contributed by atoms with E-state index in [4.69, 9.17) is 4.74 Å². The standard InChI is InChI=1S/C21H25FN2O2/c1-15-12-24(13-16(2)26-15)14-19-7-4-3-6-18(19)11-23-21(25)17-8-5-9-20(22)10-17/h3-10,15-16H,11-14H2,1-2H3,(H,23,25)/t15-,16-/m1/s1. The summed E-state index contributed by atoms with van der Waals surface area (Å²) in [6, 6.07) is 13.8. The van der Waals surface area contributed by atoms with Crippen molar-refractivity contribution in [3.8, 4) is 0 Å². The molecule has 5 heteroatoms. The monoisotopic (exact) mass is 356 g/mol. The van der Waals surface area contributed by atoms with Crippen LogP contribution in [0, 0.1) is 5.82 Å². The molecule has 1 heterocycles. The zero-order valence-electron chi connectivity index (χ0n) is 15.2. The molecule has 2 aromatic carbocycles. The molecule has 1 fully saturated rings. The Labute approximate surface area is 154 Å². The summed E-state index contributed by atoms with van der Waals surface area (Å²) in [5.74, 6) is -0.679. The molecular weight excluding hydrogens is 331 g/mol. The molecule has 1 amide bonds. The van der Waals surface area contributed by atoms with E-state index in [0.717, 1.165) is 25.2 Å². The van der Waals surface area contributed by atoms with Gasteiger partial charge in [-0.05, 0) is 43.2 Å². The third kappa shape index (κ3) is 4.90. The van der Waals surface area contributed by atoms with Crippen molar-refractivity contribution in [2.75, 3.05) is 13.1 Å². The van der Waals surface area contributed by atoms with Gasteiger partial charge in [0, 0.05) is 31.7 Å². The van der Waals surface area contributed by atoms with Crippen LogP contribution in [0.2, 0.25) is 0 Å². The van der Waals surface area contributed by atoms with Gasteiger partial charge in [0.1, 0.15) is 5.82 Å².